The molecule has 1 N–H and O–H groups in total. The average Bonchev–Trinajstić information content (AvgIpc) is 2.66. The Balaban J connectivity index is 1.82. The number of Topliss-reactive ketones (excluding diaryl/α,β-unsaturated/α-hetero) is 1. The van der Waals surface area contributed by atoms with Gasteiger partial charge in [-0.3, -0.25) is 9.78 Å². The Kier molecular flexibility index (Phi) is 3.48. The molecule has 5 rings (SSSR count). The fraction of sp³-hybridized carbons (Fsp3) is 0.250. The molecule has 0 unspecified atom stereocenters. The molecule has 0 saturated heterocycles. The second-order valence-corrected chi connectivity index (χ2v) is 8.41. The zero-order valence-corrected chi connectivity index (χ0v) is 15.6. The molecule has 2 aromatic carbocycles. The van der Waals surface area contributed by atoms with Gasteiger partial charge in [0.2, 0.25) is 0 Å². The number of carbonyl (C=O) groups excluding carboxylic acids is 1. The summed E-state index contributed by atoms with van der Waals surface area (Å²) in [4.78, 5) is 17.6. The van der Waals surface area contributed by atoms with Gasteiger partial charge in [0.25, 0.3) is 0 Å². The number of anilines is 1. The number of pyridine rings is 1. The van der Waals surface area contributed by atoms with Gasteiger partial charge in [-0.05, 0) is 45.9 Å². The van der Waals surface area contributed by atoms with Crippen LogP contribution in [0.2, 0.25) is 0 Å². The molecule has 0 amide bonds. The smallest absolute Gasteiger partial charge is 0.164 e. The molecule has 1 aliphatic heterocycles. The minimum absolute atomic E-state index is 0.00844. The Morgan fingerprint density at radius 1 is 1.04 bits per heavy atom. The molecule has 3 nitrogen and oxygen atoms in total. The van der Waals surface area contributed by atoms with Crippen LogP contribution in [0, 0.1) is 5.41 Å². The molecule has 27 heavy (non-hydrogen) atoms. The second-order valence-electron chi connectivity index (χ2n) is 8.41. The highest BCUT2D eigenvalue weighted by molar-refractivity contribution is 6.28. The maximum atomic E-state index is 13.3. The van der Waals surface area contributed by atoms with Gasteiger partial charge in [0.1, 0.15) is 0 Å². The molecule has 0 radical (unpaired) electrons. The first-order valence-electron chi connectivity index (χ1n) is 9.48. The maximum absolute atomic E-state index is 13.3. The molecular weight excluding hydrogens is 332 g/mol. The molecule has 134 valence electrons. The zero-order valence-electron chi connectivity index (χ0n) is 15.6. The molecule has 1 aliphatic carbocycles. The van der Waals surface area contributed by atoms with E-state index < -0.39 is 0 Å². The van der Waals surface area contributed by atoms with Gasteiger partial charge in [0.05, 0.1) is 6.04 Å². The first kappa shape index (κ1) is 16.2. The maximum Gasteiger partial charge on any atom is 0.164 e. The summed E-state index contributed by atoms with van der Waals surface area (Å²) in [6.07, 6.45) is 5.19. The van der Waals surface area contributed by atoms with E-state index in [1.54, 1.807) is 6.20 Å². The molecule has 3 heteroatoms. The Hall–Kier alpha value is -2.94. The van der Waals surface area contributed by atoms with Crippen molar-refractivity contribution >= 4 is 27.8 Å². The van der Waals surface area contributed by atoms with E-state index in [1.165, 1.54) is 11.0 Å². The molecular formula is C24H22N2O. The fourth-order valence-corrected chi connectivity index (χ4v) is 4.65. The number of carbonyl (C=O) groups is 1. The van der Waals surface area contributed by atoms with Crippen molar-refractivity contribution < 1.29 is 4.79 Å². The van der Waals surface area contributed by atoms with E-state index in [1.807, 2.05) is 24.4 Å². The van der Waals surface area contributed by atoms with Crippen LogP contribution in [-0.2, 0) is 4.79 Å². The van der Waals surface area contributed by atoms with Gasteiger partial charge < -0.3 is 5.32 Å². The highest BCUT2D eigenvalue weighted by Gasteiger charge is 2.40. The molecule has 1 aromatic heterocycles. The van der Waals surface area contributed by atoms with Crippen molar-refractivity contribution in [3.05, 3.63) is 77.6 Å². The fourth-order valence-electron chi connectivity index (χ4n) is 4.65. The predicted octanol–water partition coefficient (Wildman–Crippen LogP) is 5.54. The Morgan fingerprint density at radius 2 is 1.89 bits per heavy atom. The van der Waals surface area contributed by atoms with Crippen molar-refractivity contribution in [1.29, 1.82) is 0 Å². The van der Waals surface area contributed by atoms with Crippen LogP contribution in [0.25, 0.3) is 16.3 Å². The normalized spacial score (nSPS) is 20.8. The van der Waals surface area contributed by atoms with Crippen molar-refractivity contribution in [2.75, 3.05) is 5.32 Å². The van der Waals surface area contributed by atoms with E-state index >= 15 is 0 Å². The molecule has 1 atom stereocenters. The number of nitrogens with zero attached hydrogens (tertiary/aromatic N) is 1. The topological polar surface area (TPSA) is 42.0 Å². The van der Waals surface area contributed by atoms with Crippen LogP contribution in [0.15, 0.2) is 66.5 Å². The Bertz CT molecular complexity index is 1100. The first-order chi connectivity index (χ1) is 13.0. The largest absolute Gasteiger partial charge is 0.374 e. The number of nitrogens with one attached hydrogen (secondary N) is 1. The summed E-state index contributed by atoms with van der Waals surface area (Å²) >= 11 is 0. The molecule has 0 bridgehead atoms. The van der Waals surface area contributed by atoms with E-state index in [0.29, 0.717) is 6.42 Å². The monoisotopic (exact) mass is 354 g/mol. The number of ketones is 1. The number of aromatic nitrogens is 1. The Labute approximate surface area is 159 Å². The molecule has 0 fully saturated rings. The van der Waals surface area contributed by atoms with Crippen molar-refractivity contribution in [3.8, 4) is 0 Å². The van der Waals surface area contributed by atoms with Crippen LogP contribution in [0.1, 0.15) is 43.9 Å². The van der Waals surface area contributed by atoms with Gasteiger partial charge in [-0.25, -0.2) is 0 Å². The lowest BCUT2D eigenvalue weighted by Gasteiger charge is -2.40. The number of allylic oxidation sites excluding steroid dienone is 1. The Morgan fingerprint density at radius 3 is 2.70 bits per heavy atom. The summed E-state index contributed by atoms with van der Waals surface area (Å²) in [6.45, 7) is 4.38. The summed E-state index contributed by atoms with van der Waals surface area (Å²) in [7, 11) is 0. The van der Waals surface area contributed by atoms with E-state index in [9.17, 15) is 4.79 Å². The van der Waals surface area contributed by atoms with Crippen LogP contribution in [0.5, 0.6) is 0 Å². The van der Waals surface area contributed by atoms with Crippen LogP contribution < -0.4 is 5.32 Å². The van der Waals surface area contributed by atoms with Crippen LogP contribution in [0.3, 0.4) is 0 Å². The number of benzene rings is 2. The number of fused-ring (bicyclic) bond motifs is 4. The minimum atomic E-state index is -0.0276. The van der Waals surface area contributed by atoms with Gasteiger partial charge >= 0.3 is 0 Å². The highest BCUT2D eigenvalue weighted by Crippen LogP contribution is 2.51. The quantitative estimate of drug-likeness (QED) is 0.623. The van der Waals surface area contributed by atoms with Gasteiger partial charge in [-0.2, -0.15) is 0 Å². The average molecular weight is 354 g/mol. The standard InChI is InChI=1S/C24H22N2O/c1-24(2)12-18-22(20(27)13-24)21-17-8-4-3-6-15(17)9-10-19(21)26-23(18)16-7-5-11-25-14-16/h3-11,14,23,26H,12-13H2,1-2H3/t23-/m1/s1. The van der Waals surface area contributed by atoms with Gasteiger partial charge in [-0.1, -0.05) is 50.2 Å². The van der Waals surface area contributed by atoms with Crippen molar-refractivity contribution in [1.82, 2.24) is 4.98 Å². The van der Waals surface area contributed by atoms with Gasteiger partial charge in [0.15, 0.2) is 5.78 Å². The zero-order chi connectivity index (χ0) is 18.6. The molecule has 3 aromatic rings. The van der Waals surface area contributed by atoms with E-state index in [-0.39, 0.29) is 17.2 Å². The number of hydrogen-bond donors (Lipinski definition) is 1. The van der Waals surface area contributed by atoms with Gasteiger partial charge in [-0.15, -0.1) is 0 Å². The lowest BCUT2D eigenvalue weighted by Crippen LogP contribution is -2.32. The van der Waals surface area contributed by atoms with Crippen LogP contribution >= 0.6 is 0 Å². The summed E-state index contributed by atoms with van der Waals surface area (Å²) in [5, 5.41) is 6.03. The molecule has 2 heterocycles. The van der Waals surface area contributed by atoms with Crippen LogP contribution in [-0.4, -0.2) is 10.8 Å². The highest BCUT2D eigenvalue weighted by atomic mass is 16.1. The third kappa shape index (κ3) is 2.57. The SMILES string of the molecule is CC1(C)CC(=O)C2=C(C1)[C@@H](c1cccnc1)Nc1ccc3ccccc3c12. The van der Waals surface area contributed by atoms with E-state index in [2.05, 4.69) is 54.5 Å². The second kappa shape index (κ2) is 5.78. The summed E-state index contributed by atoms with van der Waals surface area (Å²) in [5.74, 6) is 0.259. The summed E-state index contributed by atoms with van der Waals surface area (Å²) in [6, 6.07) is 16.6. The van der Waals surface area contributed by atoms with E-state index in [0.717, 1.165) is 34.2 Å². The molecule has 0 saturated carbocycles. The van der Waals surface area contributed by atoms with Crippen molar-refractivity contribution in [2.45, 2.75) is 32.7 Å². The van der Waals surface area contributed by atoms with E-state index in [4.69, 9.17) is 0 Å². The van der Waals surface area contributed by atoms with Crippen LogP contribution in [0.4, 0.5) is 5.69 Å². The van der Waals surface area contributed by atoms with Crippen molar-refractivity contribution in [2.24, 2.45) is 5.41 Å². The number of hydrogen-bond acceptors (Lipinski definition) is 3. The third-order valence-electron chi connectivity index (χ3n) is 5.75. The lowest BCUT2D eigenvalue weighted by atomic mass is 9.68. The summed E-state index contributed by atoms with van der Waals surface area (Å²) < 4.78 is 0. The molecule has 2 aliphatic rings. The van der Waals surface area contributed by atoms with Crippen molar-refractivity contribution in [3.63, 3.8) is 0 Å². The number of rotatable bonds is 1. The minimum Gasteiger partial charge on any atom is -0.374 e. The molecule has 0 spiro atoms. The third-order valence-corrected chi connectivity index (χ3v) is 5.75. The summed E-state index contributed by atoms with van der Waals surface area (Å²) in [5.41, 5.74) is 5.31. The first-order valence-corrected chi connectivity index (χ1v) is 9.48. The van der Waals surface area contributed by atoms with Gasteiger partial charge in [0, 0.05) is 35.6 Å². The lowest BCUT2D eigenvalue weighted by molar-refractivity contribution is -0.116. The predicted molar refractivity (Wildman–Crippen MR) is 109 cm³/mol.